The number of hydrogen-bond donors (Lipinski definition) is 1. The predicted octanol–water partition coefficient (Wildman–Crippen LogP) is 3.77. The Hall–Kier alpha value is -1.90. The Morgan fingerprint density at radius 2 is 1.94 bits per heavy atom. The lowest BCUT2D eigenvalue weighted by Crippen LogP contribution is -2.00. The Balaban J connectivity index is 2.01. The van der Waals surface area contributed by atoms with Crippen molar-refractivity contribution in [1.29, 1.82) is 0 Å². The second-order valence-corrected chi connectivity index (χ2v) is 4.26. The minimum absolute atomic E-state index is 0.702. The second-order valence-electron chi connectivity index (χ2n) is 4.26. The van der Waals surface area contributed by atoms with Crippen LogP contribution in [0.5, 0.6) is 5.75 Å². The molecule has 2 aromatic rings. The quantitative estimate of drug-likeness (QED) is 0.870. The molecule has 1 N–H and O–H groups in total. The van der Waals surface area contributed by atoms with Crippen molar-refractivity contribution in [1.82, 2.24) is 0 Å². The van der Waals surface area contributed by atoms with E-state index in [1.165, 1.54) is 0 Å². The Labute approximate surface area is 108 Å². The summed E-state index contributed by atoms with van der Waals surface area (Å²) >= 11 is 0. The first-order valence-corrected chi connectivity index (χ1v) is 6.19. The topological polar surface area (TPSA) is 34.4 Å². The predicted molar refractivity (Wildman–Crippen MR) is 73.1 cm³/mol. The van der Waals surface area contributed by atoms with Gasteiger partial charge in [-0.1, -0.05) is 6.92 Å². The molecule has 3 nitrogen and oxygen atoms in total. The van der Waals surface area contributed by atoms with Gasteiger partial charge in [-0.2, -0.15) is 0 Å². The Bertz CT molecular complexity index is 517. The van der Waals surface area contributed by atoms with Gasteiger partial charge < -0.3 is 14.5 Å². The molecule has 0 unspecified atom stereocenters. The van der Waals surface area contributed by atoms with Crippen molar-refractivity contribution in [2.45, 2.75) is 26.8 Å². The summed E-state index contributed by atoms with van der Waals surface area (Å²) in [5.41, 5.74) is 2.27. The number of rotatable bonds is 5. The standard InChI is InChI=1S/C15H19NO2/c1-4-12-5-6-14(18-12)10-16-15-8-7-13(17-3)9-11(15)2/h5-9,16H,4,10H2,1-3H3. The van der Waals surface area contributed by atoms with E-state index in [4.69, 9.17) is 9.15 Å². The van der Waals surface area contributed by atoms with Crippen molar-refractivity contribution in [3.05, 3.63) is 47.4 Å². The molecule has 0 saturated heterocycles. The van der Waals surface area contributed by atoms with Crippen LogP contribution in [0.25, 0.3) is 0 Å². The van der Waals surface area contributed by atoms with Crippen molar-refractivity contribution < 1.29 is 9.15 Å². The van der Waals surface area contributed by atoms with Gasteiger partial charge in [0.25, 0.3) is 0 Å². The minimum atomic E-state index is 0.702. The molecule has 0 aliphatic carbocycles. The molecule has 0 radical (unpaired) electrons. The number of hydrogen-bond acceptors (Lipinski definition) is 3. The number of furan rings is 1. The molecule has 0 fully saturated rings. The molecular weight excluding hydrogens is 226 g/mol. The molecule has 0 atom stereocenters. The van der Waals surface area contributed by atoms with E-state index in [0.29, 0.717) is 6.54 Å². The van der Waals surface area contributed by atoms with Crippen LogP contribution in [0.15, 0.2) is 34.7 Å². The highest BCUT2D eigenvalue weighted by Crippen LogP contribution is 2.21. The first-order valence-electron chi connectivity index (χ1n) is 6.19. The molecule has 0 saturated carbocycles. The van der Waals surface area contributed by atoms with Crippen LogP contribution in [-0.2, 0) is 13.0 Å². The molecule has 1 heterocycles. The number of anilines is 1. The SMILES string of the molecule is CCc1ccc(CNc2ccc(OC)cc2C)o1. The van der Waals surface area contributed by atoms with Crippen LogP contribution in [0.3, 0.4) is 0 Å². The third-order valence-electron chi connectivity index (χ3n) is 2.95. The largest absolute Gasteiger partial charge is 0.497 e. The first-order chi connectivity index (χ1) is 8.72. The van der Waals surface area contributed by atoms with Gasteiger partial charge in [0.05, 0.1) is 13.7 Å². The maximum Gasteiger partial charge on any atom is 0.123 e. The molecule has 0 aliphatic rings. The Morgan fingerprint density at radius 1 is 1.17 bits per heavy atom. The lowest BCUT2D eigenvalue weighted by atomic mass is 10.2. The van der Waals surface area contributed by atoms with Gasteiger partial charge in [0.15, 0.2) is 0 Å². The summed E-state index contributed by atoms with van der Waals surface area (Å²) in [5, 5.41) is 3.37. The fraction of sp³-hybridized carbons (Fsp3) is 0.333. The van der Waals surface area contributed by atoms with Crippen LogP contribution in [0, 0.1) is 6.92 Å². The maximum atomic E-state index is 5.65. The third kappa shape index (κ3) is 2.86. The number of methoxy groups -OCH3 is 1. The van der Waals surface area contributed by atoms with E-state index in [-0.39, 0.29) is 0 Å². The summed E-state index contributed by atoms with van der Waals surface area (Å²) in [6.07, 6.45) is 0.932. The fourth-order valence-electron chi connectivity index (χ4n) is 1.85. The number of aryl methyl sites for hydroxylation is 2. The van der Waals surface area contributed by atoms with E-state index in [2.05, 4.69) is 19.2 Å². The summed E-state index contributed by atoms with van der Waals surface area (Å²) in [5.74, 6) is 2.87. The zero-order valence-electron chi connectivity index (χ0n) is 11.1. The van der Waals surface area contributed by atoms with Crippen molar-refractivity contribution >= 4 is 5.69 Å². The molecule has 1 aromatic heterocycles. The lowest BCUT2D eigenvalue weighted by Gasteiger charge is -2.09. The average molecular weight is 245 g/mol. The molecule has 0 bridgehead atoms. The van der Waals surface area contributed by atoms with E-state index in [1.807, 2.05) is 30.3 Å². The zero-order valence-corrected chi connectivity index (χ0v) is 11.1. The van der Waals surface area contributed by atoms with Crippen LogP contribution in [-0.4, -0.2) is 7.11 Å². The molecule has 3 heteroatoms. The molecule has 18 heavy (non-hydrogen) atoms. The summed E-state index contributed by atoms with van der Waals surface area (Å²) in [4.78, 5) is 0. The van der Waals surface area contributed by atoms with E-state index in [0.717, 1.165) is 34.9 Å². The summed E-state index contributed by atoms with van der Waals surface area (Å²) in [6.45, 7) is 4.85. The normalized spacial score (nSPS) is 10.4. The van der Waals surface area contributed by atoms with Crippen LogP contribution in [0.4, 0.5) is 5.69 Å². The van der Waals surface area contributed by atoms with E-state index in [9.17, 15) is 0 Å². The van der Waals surface area contributed by atoms with Gasteiger partial charge in [0.2, 0.25) is 0 Å². The van der Waals surface area contributed by atoms with Gasteiger partial charge in [-0.05, 0) is 42.8 Å². The first kappa shape index (κ1) is 12.6. The zero-order chi connectivity index (χ0) is 13.0. The van der Waals surface area contributed by atoms with Crippen molar-refractivity contribution in [2.75, 3.05) is 12.4 Å². The maximum absolute atomic E-state index is 5.65. The number of ether oxygens (including phenoxy) is 1. The van der Waals surface area contributed by atoms with Crippen molar-refractivity contribution in [3.63, 3.8) is 0 Å². The van der Waals surface area contributed by atoms with Crippen molar-refractivity contribution in [3.8, 4) is 5.75 Å². The van der Waals surface area contributed by atoms with Gasteiger partial charge >= 0.3 is 0 Å². The fourth-order valence-corrected chi connectivity index (χ4v) is 1.85. The van der Waals surface area contributed by atoms with Crippen LogP contribution in [0.2, 0.25) is 0 Å². The van der Waals surface area contributed by atoms with E-state index in [1.54, 1.807) is 7.11 Å². The van der Waals surface area contributed by atoms with Gasteiger partial charge in [-0.15, -0.1) is 0 Å². The van der Waals surface area contributed by atoms with E-state index < -0.39 is 0 Å². The molecule has 1 aromatic carbocycles. The van der Waals surface area contributed by atoms with Crippen molar-refractivity contribution in [2.24, 2.45) is 0 Å². The van der Waals surface area contributed by atoms with E-state index >= 15 is 0 Å². The highest BCUT2D eigenvalue weighted by Gasteiger charge is 2.03. The third-order valence-corrected chi connectivity index (χ3v) is 2.95. The van der Waals surface area contributed by atoms with Gasteiger partial charge in [0, 0.05) is 12.1 Å². The Morgan fingerprint density at radius 3 is 2.56 bits per heavy atom. The Kier molecular flexibility index (Phi) is 3.92. The monoisotopic (exact) mass is 245 g/mol. The highest BCUT2D eigenvalue weighted by atomic mass is 16.5. The van der Waals surface area contributed by atoms with Gasteiger partial charge in [-0.3, -0.25) is 0 Å². The number of benzene rings is 1. The highest BCUT2D eigenvalue weighted by molar-refractivity contribution is 5.53. The smallest absolute Gasteiger partial charge is 0.123 e. The summed E-state index contributed by atoms with van der Waals surface area (Å²) < 4.78 is 10.8. The molecule has 0 aliphatic heterocycles. The molecule has 96 valence electrons. The second kappa shape index (κ2) is 5.63. The average Bonchev–Trinajstić information content (AvgIpc) is 2.85. The molecule has 0 spiro atoms. The minimum Gasteiger partial charge on any atom is -0.497 e. The number of nitrogens with one attached hydrogen (secondary N) is 1. The summed E-state index contributed by atoms with van der Waals surface area (Å²) in [6, 6.07) is 10.0. The summed E-state index contributed by atoms with van der Waals surface area (Å²) in [7, 11) is 1.68. The lowest BCUT2D eigenvalue weighted by molar-refractivity contribution is 0.414. The molecule has 0 amide bonds. The van der Waals surface area contributed by atoms with Gasteiger partial charge in [0.1, 0.15) is 17.3 Å². The molecule has 2 rings (SSSR count). The van der Waals surface area contributed by atoms with Crippen LogP contribution in [0.1, 0.15) is 24.0 Å². The van der Waals surface area contributed by atoms with Crippen LogP contribution >= 0.6 is 0 Å². The van der Waals surface area contributed by atoms with Crippen LogP contribution < -0.4 is 10.1 Å². The van der Waals surface area contributed by atoms with Gasteiger partial charge in [-0.25, -0.2) is 0 Å². The molecular formula is C15H19NO2.